The van der Waals surface area contributed by atoms with Gasteiger partial charge in [0.05, 0.1) is 0 Å². The van der Waals surface area contributed by atoms with Gasteiger partial charge in [0.15, 0.2) is 0 Å². The molecule has 0 unspecified atom stereocenters. The van der Waals surface area contributed by atoms with Crippen LogP contribution in [0.2, 0.25) is 0 Å². The summed E-state index contributed by atoms with van der Waals surface area (Å²) in [5.41, 5.74) is 48.4. The van der Waals surface area contributed by atoms with Gasteiger partial charge in [0.2, 0.25) is 0 Å². The van der Waals surface area contributed by atoms with E-state index in [0.717, 1.165) is 124 Å². The number of nitrogens with zero attached hydrogens (tertiary/aromatic N) is 4. The van der Waals surface area contributed by atoms with Crippen molar-refractivity contribution in [2.75, 3.05) is 19.6 Å². The summed E-state index contributed by atoms with van der Waals surface area (Å²) in [5.74, 6) is 0. The molecule has 20 aromatic carbocycles. The third kappa shape index (κ3) is 14.2. The van der Waals surface area contributed by atoms with Crippen LogP contribution < -0.4 is 19.6 Å². The molecule has 0 saturated carbocycles. The molecule has 0 N–H and O–H groups in total. The molecule has 0 saturated heterocycles. The molecule has 0 radical (unpaired) electrons. The van der Waals surface area contributed by atoms with Gasteiger partial charge in [0, 0.05) is 89.9 Å². The maximum atomic E-state index is 2.50. The van der Waals surface area contributed by atoms with Gasteiger partial charge in [-0.3, -0.25) is 0 Å². The average Bonchev–Trinajstić information content (AvgIpc) is 1.57. The van der Waals surface area contributed by atoms with E-state index in [1.807, 2.05) is 0 Å². The molecule has 4 aliphatic carbocycles. The Balaban J connectivity index is 0.670. The standard InChI is InChI=1S/C132H102N4/c1-129(2)121-41-25-21-37-113(121)117-73-69-105(83-125(117)129)133(101-61-53-93(54-62-101)87-29-13-9-14-30-87)109-77-99(78-110(81-109)134(102-63-55-94(56-64-102)88-31-15-10-16-32-88)106-70-74-118-114-38-22-26-42-122(114)130(3,4)126(118)84-106)97-49-45-91(46-50-97)92-47-51-98(52-48-92)100-79-111(135(103-65-57-95(58-66-103)89-33-17-11-18-34-89)107-71-75-119-115-39-23-27-43-123(115)131(5,6)127(119)85-107)82-112(80-100)136(104-67-59-96(60-68-104)90-35-19-12-20-36-90)108-72-76-120-116-40-24-28-44-124(116)132(7,8)128(120)86-108/h9-86H,1-8H3. The summed E-state index contributed by atoms with van der Waals surface area (Å²) in [6.07, 6.45) is 0. The molecule has 0 fully saturated rings. The lowest BCUT2D eigenvalue weighted by atomic mass is 9.82. The van der Waals surface area contributed by atoms with Crippen molar-refractivity contribution in [3.05, 3.63) is 518 Å². The molecular formula is C132H102N4. The van der Waals surface area contributed by atoms with E-state index in [4.69, 9.17) is 0 Å². The van der Waals surface area contributed by atoms with Crippen LogP contribution in [0.5, 0.6) is 0 Å². The lowest BCUT2D eigenvalue weighted by Gasteiger charge is -2.32. The molecule has 24 rings (SSSR count). The highest BCUT2D eigenvalue weighted by Gasteiger charge is 2.41. The Hall–Kier alpha value is -16.4. The lowest BCUT2D eigenvalue weighted by Crippen LogP contribution is -2.17. The fraction of sp³-hybridized carbons (Fsp3) is 0.0909. The van der Waals surface area contributed by atoms with E-state index in [9.17, 15) is 0 Å². The van der Waals surface area contributed by atoms with Gasteiger partial charge in [-0.1, -0.05) is 395 Å². The summed E-state index contributed by atoms with van der Waals surface area (Å²) in [7, 11) is 0. The van der Waals surface area contributed by atoms with Crippen molar-refractivity contribution in [3.63, 3.8) is 0 Å². The third-order valence-electron chi connectivity index (χ3n) is 29.8. The fourth-order valence-corrected chi connectivity index (χ4v) is 22.6. The van der Waals surface area contributed by atoms with Crippen LogP contribution in [0.1, 0.15) is 99.9 Å². The minimum absolute atomic E-state index is 0.248. The van der Waals surface area contributed by atoms with Crippen LogP contribution in [-0.4, -0.2) is 0 Å². The Morgan fingerprint density at radius 2 is 0.265 bits per heavy atom. The molecule has 0 bridgehead atoms. The topological polar surface area (TPSA) is 13.0 Å². The zero-order chi connectivity index (χ0) is 91.7. The lowest BCUT2D eigenvalue weighted by molar-refractivity contribution is 0.660. The minimum atomic E-state index is -0.248. The first kappa shape index (κ1) is 82.7. The van der Waals surface area contributed by atoms with E-state index >= 15 is 0 Å². The zero-order valence-electron chi connectivity index (χ0n) is 77.8. The largest absolute Gasteiger partial charge is 0.310 e. The van der Waals surface area contributed by atoms with Gasteiger partial charge >= 0.3 is 0 Å². The van der Waals surface area contributed by atoms with E-state index < -0.39 is 0 Å². The summed E-state index contributed by atoms with van der Waals surface area (Å²) >= 11 is 0. The van der Waals surface area contributed by atoms with Crippen LogP contribution >= 0.6 is 0 Å². The highest BCUT2D eigenvalue weighted by Crippen LogP contribution is 2.58. The first-order valence-corrected chi connectivity index (χ1v) is 47.7. The second-order valence-corrected chi connectivity index (χ2v) is 39.2. The van der Waals surface area contributed by atoms with Crippen molar-refractivity contribution in [1.82, 2.24) is 0 Å². The van der Waals surface area contributed by atoms with E-state index in [-0.39, 0.29) is 21.7 Å². The predicted octanol–water partition coefficient (Wildman–Crippen LogP) is 36.5. The first-order chi connectivity index (χ1) is 66.4. The summed E-state index contributed by atoms with van der Waals surface area (Å²) in [4.78, 5) is 9.98. The molecule has 0 aliphatic heterocycles. The minimum Gasteiger partial charge on any atom is -0.310 e. The molecule has 650 valence electrons. The molecule has 4 heteroatoms. The normalized spacial score (nSPS) is 13.7. The van der Waals surface area contributed by atoms with Gasteiger partial charge in [-0.25, -0.2) is 0 Å². The van der Waals surface area contributed by atoms with Crippen LogP contribution in [0.15, 0.2) is 473 Å². The maximum absolute atomic E-state index is 2.50. The van der Waals surface area contributed by atoms with Gasteiger partial charge in [-0.05, 0) is 300 Å². The Kier molecular flexibility index (Phi) is 20.0. The van der Waals surface area contributed by atoms with Crippen molar-refractivity contribution in [2.45, 2.75) is 77.0 Å². The molecule has 4 nitrogen and oxygen atoms in total. The number of hydrogen-bond donors (Lipinski definition) is 0. The molecule has 20 aromatic rings. The highest BCUT2D eigenvalue weighted by molar-refractivity contribution is 5.97. The Morgan fingerprint density at radius 1 is 0.110 bits per heavy atom. The van der Waals surface area contributed by atoms with Crippen LogP contribution in [-0.2, 0) is 21.7 Å². The van der Waals surface area contributed by atoms with E-state index in [2.05, 4.69) is 548 Å². The molecule has 0 aromatic heterocycles. The van der Waals surface area contributed by atoms with Gasteiger partial charge in [0.25, 0.3) is 0 Å². The molecule has 4 aliphatic rings. The number of hydrogen-bond acceptors (Lipinski definition) is 4. The molecule has 0 amide bonds. The molecule has 0 atom stereocenters. The Bertz CT molecular complexity index is 7110. The summed E-state index contributed by atoms with van der Waals surface area (Å²) in [6.45, 7) is 19.1. The van der Waals surface area contributed by atoms with Crippen molar-refractivity contribution < 1.29 is 0 Å². The zero-order valence-corrected chi connectivity index (χ0v) is 77.8. The second-order valence-electron chi connectivity index (χ2n) is 39.2. The van der Waals surface area contributed by atoms with Crippen LogP contribution in [0.3, 0.4) is 0 Å². The molecule has 0 heterocycles. The molecule has 136 heavy (non-hydrogen) atoms. The number of fused-ring (bicyclic) bond motifs is 12. The van der Waals surface area contributed by atoms with Crippen molar-refractivity contribution in [2.24, 2.45) is 0 Å². The first-order valence-electron chi connectivity index (χ1n) is 47.7. The monoisotopic (exact) mass is 1740 g/mol. The van der Waals surface area contributed by atoms with Crippen LogP contribution in [0.4, 0.5) is 68.2 Å². The highest BCUT2D eigenvalue weighted by atomic mass is 15.2. The molecule has 0 spiro atoms. The van der Waals surface area contributed by atoms with Crippen molar-refractivity contribution in [1.29, 1.82) is 0 Å². The summed E-state index contributed by atoms with van der Waals surface area (Å²) in [6, 6.07) is 177. The smallest absolute Gasteiger partial charge is 0.0488 e. The third-order valence-corrected chi connectivity index (χ3v) is 29.8. The van der Waals surface area contributed by atoms with Gasteiger partial charge in [-0.2, -0.15) is 0 Å². The summed E-state index contributed by atoms with van der Waals surface area (Å²) in [5, 5.41) is 0. The average molecular weight is 1740 g/mol. The quantitative estimate of drug-likeness (QED) is 0.0800. The number of anilines is 12. The van der Waals surface area contributed by atoms with Gasteiger partial charge in [-0.15, -0.1) is 0 Å². The van der Waals surface area contributed by atoms with Crippen molar-refractivity contribution >= 4 is 68.2 Å². The number of benzene rings is 20. The summed E-state index contributed by atoms with van der Waals surface area (Å²) < 4.78 is 0. The number of rotatable bonds is 19. The van der Waals surface area contributed by atoms with Crippen LogP contribution in [0.25, 0.3) is 122 Å². The van der Waals surface area contributed by atoms with E-state index in [0.29, 0.717) is 0 Å². The van der Waals surface area contributed by atoms with E-state index in [1.165, 1.54) is 111 Å². The van der Waals surface area contributed by atoms with Crippen molar-refractivity contribution in [3.8, 4) is 122 Å². The van der Waals surface area contributed by atoms with Gasteiger partial charge in [0.1, 0.15) is 0 Å². The SMILES string of the molecule is CC1(C)c2ccccc2-c2ccc(N(c3ccc(-c4ccccc4)cc3)c3cc(-c4ccc(-c5ccc(-c6cc(N(c7ccc(-c8ccccc8)cc7)c7ccc8c(c7)C(C)(C)c7ccccc7-8)cc(N(c7ccc(-c8ccccc8)cc7)c7ccc8c(c7)C(C)(C)c7ccccc7-8)c6)cc5)cc4)cc(N(c4ccc(-c5ccccc5)cc4)c4ccc5c(c4)C(C)(C)c4ccccc4-5)c3)cc21. The van der Waals surface area contributed by atoms with Gasteiger partial charge < -0.3 is 19.6 Å². The van der Waals surface area contributed by atoms with Crippen LogP contribution in [0, 0.1) is 0 Å². The van der Waals surface area contributed by atoms with E-state index in [1.54, 1.807) is 0 Å². The predicted molar refractivity (Wildman–Crippen MR) is 573 cm³/mol. The maximum Gasteiger partial charge on any atom is 0.0488 e. The second kappa shape index (κ2) is 32.8. The Labute approximate surface area is 799 Å². The Morgan fingerprint density at radius 3 is 0.471 bits per heavy atom. The fourth-order valence-electron chi connectivity index (χ4n) is 22.6. The molecular weight excluding hydrogens is 1640 g/mol.